The highest BCUT2D eigenvalue weighted by Gasteiger charge is 2.25. The normalized spacial score (nSPS) is 17.4. The minimum atomic E-state index is 0.207. The molecule has 0 N–H and O–H groups in total. The van der Waals surface area contributed by atoms with Crippen molar-refractivity contribution in [3.05, 3.63) is 76.9 Å². The topological polar surface area (TPSA) is 49.6 Å². The molecular weight excluding hydrogens is 398 g/mol. The van der Waals surface area contributed by atoms with E-state index in [0.29, 0.717) is 30.6 Å². The van der Waals surface area contributed by atoms with Crippen LogP contribution >= 0.6 is 11.6 Å². The van der Waals surface area contributed by atoms with E-state index in [4.69, 9.17) is 16.1 Å². The lowest BCUT2D eigenvalue weighted by molar-refractivity contribution is -0.131. The monoisotopic (exact) mass is 423 g/mol. The number of amides is 1. The molecule has 0 bridgehead atoms. The zero-order chi connectivity index (χ0) is 20.9. The number of carbonyl (C=O) groups excluding carboxylic acids is 1. The maximum Gasteiger partial charge on any atom is 0.222 e. The molecule has 1 aromatic heterocycles. The van der Waals surface area contributed by atoms with Crippen LogP contribution in [0, 0.1) is 0 Å². The van der Waals surface area contributed by atoms with Crippen LogP contribution in [0.5, 0.6) is 0 Å². The van der Waals surface area contributed by atoms with Crippen molar-refractivity contribution in [1.29, 1.82) is 0 Å². The van der Waals surface area contributed by atoms with Gasteiger partial charge in [0.15, 0.2) is 5.76 Å². The molecular formula is C24H26ClN3O2. The summed E-state index contributed by atoms with van der Waals surface area (Å²) in [5, 5.41) is 4.94. The van der Waals surface area contributed by atoms with Crippen LogP contribution in [0.15, 0.2) is 65.2 Å². The predicted octanol–water partition coefficient (Wildman–Crippen LogP) is 5.01. The summed E-state index contributed by atoms with van der Waals surface area (Å²) < 4.78 is 5.52. The lowest BCUT2D eigenvalue weighted by Gasteiger charge is -2.26. The summed E-state index contributed by atoms with van der Waals surface area (Å²) in [5.74, 6) is 0.987. The average Bonchev–Trinajstić information content (AvgIpc) is 3.13. The quantitative estimate of drug-likeness (QED) is 0.559. The molecule has 0 saturated carbocycles. The first-order chi connectivity index (χ1) is 14.6. The lowest BCUT2D eigenvalue weighted by Crippen LogP contribution is -2.33. The highest BCUT2D eigenvalue weighted by atomic mass is 35.5. The van der Waals surface area contributed by atoms with Crippen LogP contribution in [0.2, 0.25) is 5.02 Å². The summed E-state index contributed by atoms with van der Waals surface area (Å²) >= 11 is 6.09. The van der Waals surface area contributed by atoms with Crippen molar-refractivity contribution in [2.45, 2.75) is 38.4 Å². The molecule has 3 aromatic rings. The van der Waals surface area contributed by atoms with Crippen molar-refractivity contribution >= 4 is 17.5 Å². The number of hydrogen-bond acceptors (Lipinski definition) is 4. The van der Waals surface area contributed by atoms with E-state index in [2.05, 4.69) is 17.1 Å². The number of likely N-dealkylation sites (tertiary alicyclic amines) is 1. The SMILES string of the molecule is CN(Cc1cc(-c2ccccc2)on1)[C@@H]1CCC(=O)N(Cc2cccc(Cl)c2)CC1. The van der Waals surface area contributed by atoms with Crippen LogP contribution in [0.4, 0.5) is 0 Å². The molecule has 0 aliphatic carbocycles. The molecule has 6 heteroatoms. The molecule has 1 aliphatic rings. The number of carbonyl (C=O) groups is 1. The van der Waals surface area contributed by atoms with E-state index in [-0.39, 0.29) is 5.91 Å². The van der Waals surface area contributed by atoms with Crippen LogP contribution in [-0.4, -0.2) is 40.5 Å². The highest BCUT2D eigenvalue weighted by Crippen LogP contribution is 2.23. The van der Waals surface area contributed by atoms with E-state index in [1.807, 2.05) is 65.6 Å². The first-order valence-corrected chi connectivity index (χ1v) is 10.7. The summed E-state index contributed by atoms with van der Waals surface area (Å²) in [7, 11) is 2.10. The van der Waals surface area contributed by atoms with E-state index in [0.717, 1.165) is 42.0 Å². The Hall–Kier alpha value is -2.63. The molecule has 30 heavy (non-hydrogen) atoms. The molecule has 0 spiro atoms. The van der Waals surface area contributed by atoms with Crippen LogP contribution in [0.1, 0.15) is 30.5 Å². The van der Waals surface area contributed by atoms with Gasteiger partial charge in [-0.3, -0.25) is 9.69 Å². The van der Waals surface area contributed by atoms with Crippen LogP contribution < -0.4 is 0 Å². The Bertz CT molecular complexity index is 989. The molecule has 1 fully saturated rings. The minimum Gasteiger partial charge on any atom is -0.356 e. The fraction of sp³-hybridized carbons (Fsp3) is 0.333. The van der Waals surface area contributed by atoms with Gasteiger partial charge in [0.1, 0.15) is 0 Å². The molecule has 2 aromatic carbocycles. The fourth-order valence-electron chi connectivity index (χ4n) is 4.00. The van der Waals surface area contributed by atoms with Gasteiger partial charge in [-0.2, -0.15) is 0 Å². The number of nitrogens with zero attached hydrogens (tertiary/aromatic N) is 3. The molecule has 0 radical (unpaired) electrons. The summed E-state index contributed by atoms with van der Waals surface area (Å²) in [6, 6.07) is 20.0. The number of aromatic nitrogens is 1. The van der Waals surface area contributed by atoms with Crippen LogP contribution in [0.3, 0.4) is 0 Å². The van der Waals surface area contributed by atoms with Gasteiger partial charge in [-0.1, -0.05) is 59.2 Å². The Labute approximate surface area is 182 Å². The molecule has 1 saturated heterocycles. The van der Waals surface area contributed by atoms with Crippen molar-refractivity contribution in [2.24, 2.45) is 0 Å². The van der Waals surface area contributed by atoms with Crippen LogP contribution in [-0.2, 0) is 17.9 Å². The number of halogens is 1. The van der Waals surface area contributed by atoms with Gasteiger partial charge in [-0.05, 0) is 37.6 Å². The third-order valence-corrected chi connectivity index (χ3v) is 5.93. The van der Waals surface area contributed by atoms with Gasteiger partial charge in [0.25, 0.3) is 0 Å². The third kappa shape index (κ3) is 5.10. The van der Waals surface area contributed by atoms with E-state index < -0.39 is 0 Å². The summed E-state index contributed by atoms with van der Waals surface area (Å²) in [4.78, 5) is 16.9. The highest BCUT2D eigenvalue weighted by molar-refractivity contribution is 6.30. The zero-order valence-corrected chi connectivity index (χ0v) is 17.9. The number of benzene rings is 2. The first-order valence-electron chi connectivity index (χ1n) is 10.3. The van der Waals surface area contributed by atoms with Gasteiger partial charge in [0.05, 0.1) is 5.69 Å². The van der Waals surface area contributed by atoms with Crippen molar-refractivity contribution < 1.29 is 9.32 Å². The molecule has 1 atom stereocenters. The molecule has 2 heterocycles. The smallest absolute Gasteiger partial charge is 0.222 e. The standard InChI is InChI=1S/C24H26ClN3O2/c1-27(17-21-15-23(30-26-21)19-7-3-2-4-8-19)22-10-11-24(29)28(13-12-22)16-18-6-5-9-20(25)14-18/h2-9,14-15,22H,10-13,16-17H2,1H3/t22-/m1/s1. The van der Waals surface area contributed by atoms with Crippen molar-refractivity contribution in [1.82, 2.24) is 15.0 Å². The largest absolute Gasteiger partial charge is 0.356 e. The van der Waals surface area contributed by atoms with Gasteiger partial charge in [-0.15, -0.1) is 0 Å². The van der Waals surface area contributed by atoms with Gasteiger partial charge < -0.3 is 9.42 Å². The number of hydrogen-bond donors (Lipinski definition) is 0. The van der Waals surface area contributed by atoms with Gasteiger partial charge >= 0.3 is 0 Å². The molecule has 1 amide bonds. The second kappa shape index (κ2) is 9.45. The van der Waals surface area contributed by atoms with Gasteiger partial charge in [0, 0.05) is 48.7 Å². The summed E-state index contributed by atoms with van der Waals surface area (Å²) in [6.45, 7) is 2.05. The lowest BCUT2D eigenvalue weighted by atomic mass is 10.1. The Kier molecular flexibility index (Phi) is 6.50. The Morgan fingerprint density at radius 3 is 2.77 bits per heavy atom. The molecule has 4 rings (SSSR count). The third-order valence-electron chi connectivity index (χ3n) is 5.69. The molecule has 5 nitrogen and oxygen atoms in total. The Balaban J connectivity index is 1.36. The Morgan fingerprint density at radius 1 is 1.13 bits per heavy atom. The average molecular weight is 424 g/mol. The van der Waals surface area contributed by atoms with E-state index in [1.54, 1.807) is 0 Å². The predicted molar refractivity (Wildman–Crippen MR) is 118 cm³/mol. The maximum atomic E-state index is 12.6. The van der Waals surface area contributed by atoms with Crippen molar-refractivity contribution in [3.63, 3.8) is 0 Å². The first kappa shape index (κ1) is 20.6. The number of rotatable bonds is 6. The van der Waals surface area contributed by atoms with E-state index in [1.165, 1.54) is 0 Å². The van der Waals surface area contributed by atoms with Gasteiger partial charge in [-0.25, -0.2) is 0 Å². The second-order valence-electron chi connectivity index (χ2n) is 7.89. The summed E-state index contributed by atoms with van der Waals surface area (Å²) in [5.41, 5.74) is 3.00. The van der Waals surface area contributed by atoms with Crippen molar-refractivity contribution in [2.75, 3.05) is 13.6 Å². The Morgan fingerprint density at radius 2 is 1.97 bits per heavy atom. The van der Waals surface area contributed by atoms with E-state index in [9.17, 15) is 4.79 Å². The fourth-order valence-corrected chi connectivity index (χ4v) is 4.21. The van der Waals surface area contributed by atoms with Crippen LogP contribution in [0.25, 0.3) is 11.3 Å². The van der Waals surface area contributed by atoms with E-state index >= 15 is 0 Å². The van der Waals surface area contributed by atoms with Crippen molar-refractivity contribution in [3.8, 4) is 11.3 Å². The second-order valence-corrected chi connectivity index (χ2v) is 8.33. The minimum absolute atomic E-state index is 0.207. The molecule has 0 unspecified atom stereocenters. The molecule has 156 valence electrons. The zero-order valence-electron chi connectivity index (χ0n) is 17.1. The maximum absolute atomic E-state index is 12.6. The van der Waals surface area contributed by atoms with Gasteiger partial charge in [0.2, 0.25) is 5.91 Å². The summed E-state index contributed by atoms with van der Waals surface area (Å²) in [6.07, 6.45) is 2.35. The molecule has 1 aliphatic heterocycles.